The lowest BCUT2D eigenvalue weighted by molar-refractivity contribution is -0.0820. The van der Waals surface area contributed by atoms with Gasteiger partial charge < -0.3 is 0 Å². The Balaban J connectivity index is 2.36. The van der Waals surface area contributed by atoms with Gasteiger partial charge in [-0.05, 0) is 93.3 Å². The minimum atomic E-state index is 0.449. The summed E-state index contributed by atoms with van der Waals surface area (Å²) in [4.78, 5) is 0. The minimum absolute atomic E-state index is 0.449. The zero-order valence-corrected chi connectivity index (χ0v) is 16.3. The highest BCUT2D eigenvalue weighted by molar-refractivity contribution is 5.04. The minimum Gasteiger partial charge on any atom is -0.0885 e. The van der Waals surface area contributed by atoms with Crippen LogP contribution in [0.1, 0.15) is 105 Å². The molecular formula is C23H40. The summed E-state index contributed by atoms with van der Waals surface area (Å²) in [6, 6.07) is 0. The molecule has 0 heterocycles. The standard InChI is InChI=1S/C23H40/c1-21(2)17-13-9-5-7-11-15-19-23(21)20-16-12-8-6-10-14-18-22(23,3)4/h5-8H,9-20H2,1-4H3/b7-5-,8-6?. The average Bonchev–Trinajstić information content (AvgIpc) is 2.49. The largest absolute Gasteiger partial charge is 0.0885 e. The summed E-state index contributed by atoms with van der Waals surface area (Å²) < 4.78 is 0. The van der Waals surface area contributed by atoms with E-state index < -0.39 is 0 Å². The Hall–Kier alpha value is -0.520. The first-order chi connectivity index (χ1) is 10.9. The SMILES string of the molecule is CC1(C)CCCC=CCCCC12CCC/C=C\CCCC2(C)C. The highest BCUT2D eigenvalue weighted by atomic mass is 14.6. The van der Waals surface area contributed by atoms with Crippen LogP contribution < -0.4 is 0 Å². The Morgan fingerprint density at radius 2 is 0.783 bits per heavy atom. The van der Waals surface area contributed by atoms with E-state index in [9.17, 15) is 0 Å². The van der Waals surface area contributed by atoms with Gasteiger partial charge in [0.2, 0.25) is 0 Å². The van der Waals surface area contributed by atoms with Crippen molar-refractivity contribution in [2.45, 2.75) is 105 Å². The highest BCUT2D eigenvalue weighted by Crippen LogP contribution is 2.61. The second-order valence-electron chi connectivity index (χ2n) is 9.36. The lowest BCUT2D eigenvalue weighted by atomic mass is 9.47. The molecule has 132 valence electrons. The molecule has 2 aliphatic carbocycles. The maximum Gasteiger partial charge on any atom is -0.0195 e. The van der Waals surface area contributed by atoms with E-state index in [0.29, 0.717) is 16.2 Å². The molecule has 1 unspecified atom stereocenters. The molecule has 0 aromatic carbocycles. The van der Waals surface area contributed by atoms with Crippen LogP contribution in [0.4, 0.5) is 0 Å². The molecule has 0 aromatic heterocycles. The van der Waals surface area contributed by atoms with Crippen molar-refractivity contribution in [3.63, 3.8) is 0 Å². The zero-order chi connectivity index (χ0) is 16.8. The van der Waals surface area contributed by atoms with Crippen molar-refractivity contribution in [1.29, 1.82) is 0 Å². The van der Waals surface area contributed by atoms with Gasteiger partial charge >= 0.3 is 0 Å². The lowest BCUT2D eigenvalue weighted by Crippen LogP contribution is -2.49. The van der Waals surface area contributed by atoms with Crippen molar-refractivity contribution in [1.82, 2.24) is 0 Å². The summed E-state index contributed by atoms with van der Waals surface area (Å²) in [6.45, 7) is 10.4. The highest BCUT2D eigenvalue weighted by Gasteiger charge is 2.52. The summed E-state index contributed by atoms with van der Waals surface area (Å²) >= 11 is 0. The molecular weight excluding hydrogens is 276 g/mol. The Labute approximate surface area is 145 Å². The Morgan fingerprint density at radius 1 is 0.478 bits per heavy atom. The van der Waals surface area contributed by atoms with Crippen LogP contribution in [0.2, 0.25) is 0 Å². The molecule has 0 radical (unpaired) electrons. The van der Waals surface area contributed by atoms with Gasteiger partial charge in [0.15, 0.2) is 0 Å². The summed E-state index contributed by atoms with van der Waals surface area (Å²) in [7, 11) is 0. The van der Waals surface area contributed by atoms with Crippen LogP contribution >= 0.6 is 0 Å². The molecule has 0 fully saturated rings. The Kier molecular flexibility index (Phi) is 6.57. The lowest BCUT2D eigenvalue weighted by Gasteiger charge is -2.58. The molecule has 0 saturated carbocycles. The van der Waals surface area contributed by atoms with Crippen molar-refractivity contribution < 1.29 is 0 Å². The predicted octanol–water partition coefficient (Wildman–Crippen LogP) is 7.85. The van der Waals surface area contributed by atoms with Crippen molar-refractivity contribution in [2.24, 2.45) is 16.2 Å². The maximum atomic E-state index is 2.60. The molecule has 1 atom stereocenters. The van der Waals surface area contributed by atoms with Crippen LogP contribution in [0.5, 0.6) is 0 Å². The van der Waals surface area contributed by atoms with E-state index in [1.54, 1.807) is 0 Å². The summed E-state index contributed by atoms with van der Waals surface area (Å²) in [5.74, 6) is 0. The molecule has 23 heavy (non-hydrogen) atoms. The molecule has 1 spiro atoms. The van der Waals surface area contributed by atoms with Gasteiger partial charge in [-0.25, -0.2) is 0 Å². The van der Waals surface area contributed by atoms with Gasteiger partial charge in [-0.2, -0.15) is 0 Å². The van der Waals surface area contributed by atoms with Gasteiger partial charge in [0.25, 0.3) is 0 Å². The molecule has 0 bridgehead atoms. The van der Waals surface area contributed by atoms with E-state index in [4.69, 9.17) is 0 Å². The molecule has 0 heteroatoms. The van der Waals surface area contributed by atoms with Crippen LogP contribution in [-0.4, -0.2) is 0 Å². The summed E-state index contributed by atoms with van der Waals surface area (Å²) in [6.07, 6.45) is 26.0. The monoisotopic (exact) mass is 316 g/mol. The maximum absolute atomic E-state index is 2.60. The van der Waals surface area contributed by atoms with E-state index >= 15 is 0 Å². The van der Waals surface area contributed by atoms with Crippen molar-refractivity contribution in [3.05, 3.63) is 24.3 Å². The van der Waals surface area contributed by atoms with Crippen molar-refractivity contribution in [2.75, 3.05) is 0 Å². The van der Waals surface area contributed by atoms with Gasteiger partial charge in [0, 0.05) is 0 Å². The Bertz CT molecular complexity index is 368. The summed E-state index contributed by atoms with van der Waals surface area (Å²) in [5.41, 5.74) is 1.39. The van der Waals surface area contributed by atoms with Gasteiger partial charge in [-0.1, -0.05) is 52.0 Å². The molecule has 0 nitrogen and oxygen atoms in total. The van der Waals surface area contributed by atoms with Gasteiger partial charge in [-0.3, -0.25) is 0 Å². The van der Waals surface area contributed by atoms with Gasteiger partial charge in [0.1, 0.15) is 0 Å². The first-order valence-corrected chi connectivity index (χ1v) is 10.2. The van der Waals surface area contributed by atoms with Crippen LogP contribution in [0.3, 0.4) is 0 Å². The van der Waals surface area contributed by atoms with E-state index in [1.165, 1.54) is 77.0 Å². The van der Waals surface area contributed by atoms with Crippen molar-refractivity contribution in [3.8, 4) is 0 Å². The number of hydrogen-bond acceptors (Lipinski definition) is 0. The van der Waals surface area contributed by atoms with Crippen LogP contribution in [0.15, 0.2) is 24.3 Å². The molecule has 0 aliphatic heterocycles. The Morgan fingerprint density at radius 3 is 1.13 bits per heavy atom. The van der Waals surface area contributed by atoms with E-state index in [2.05, 4.69) is 52.0 Å². The van der Waals surface area contributed by atoms with E-state index in [0.717, 1.165) is 0 Å². The molecule has 2 rings (SSSR count). The van der Waals surface area contributed by atoms with Crippen LogP contribution in [0, 0.1) is 16.2 Å². The number of rotatable bonds is 0. The zero-order valence-electron chi connectivity index (χ0n) is 16.3. The number of allylic oxidation sites excluding steroid dienone is 4. The second-order valence-corrected chi connectivity index (χ2v) is 9.36. The smallest absolute Gasteiger partial charge is 0.0195 e. The first kappa shape index (κ1) is 18.8. The third-order valence-electron chi connectivity index (χ3n) is 7.22. The quantitative estimate of drug-likeness (QED) is 0.399. The van der Waals surface area contributed by atoms with Gasteiger partial charge in [-0.15, -0.1) is 0 Å². The fraction of sp³-hybridized carbons (Fsp3) is 0.826. The fourth-order valence-corrected chi connectivity index (χ4v) is 5.71. The molecule has 2 aliphatic rings. The predicted molar refractivity (Wildman–Crippen MR) is 104 cm³/mol. The molecule has 0 N–H and O–H groups in total. The third-order valence-corrected chi connectivity index (χ3v) is 7.22. The topological polar surface area (TPSA) is 0 Å². The molecule has 0 aromatic rings. The third kappa shape index (κ3) is 4.31. The molecule has 0 amide bonds. The molecule has 0 saturated heterocycles. The first-order valence-electron chi connectivity index (χ1n) is 10.2. The normalized spacial score (nSPS) is 33.9. The van der Waals surface area contributed by atoms with Crippen LogP contribution in [-0.2, 0) is 0 Å². The van der Waals surface area contributed by atoms with E-state index in [1.807, 2.05) is 0 Å². The van der Waals surface area contributed by atoms with Crippen molar-refractivity contribution >= 4 is 0 Å². The van der Waals surface area contributed by atoms with E-state index in [-0.39, 0.29) is 0 Å². The van der Waals surface area contributed by atoms with Crippen LogP contribution in [0.25, 0.3) is 0 Å². The number of hydrogen-bond donors (Lipinski definition) is 0. The fourth-order valence-electron chi connectivity index (χ4n) is 5.71. The summed E-state index contributed by atoms with van der Waals surface area (Å²) in [5, 5.41) is 0. The van der Waals surface area contributed by atoms with Gasteiger partial charge in [0.05, 0.1) is 0 Å². The second kappa shape index (κ2) is 8.04. The average molecular weight is 317 g/mol.